The van der Waals surface area contributed by atoms with Gasteiger partial charge in [0.15, 0.2) is 0 Å². The fourth-order valence-corrected chi connectivity index (χ4v) is 5.92. The Hall–Kier alpha value is -5.66. The molecule has 0 aliphatic heterocycles. The Labute approximate surface area is 306 Å². The molecule has 0 bridgehead atoms. The molecule has 5 aromatic carbocycles. The van der Waals surface area contributed by atoms with Gasteiger partial charge in [-0.2, -0.15) is 5.26 Å². The van der Waals surface area contributed by atoms with Gasteiger partial charge in [0.25, 0.3) is 0 Å². The van der Waals surface area contributed by atoms with Gasteiger partial charge in [-0.05, 0) is 51.7 Å². The first-order valence-corrected chi connectivity index (χ1v) is 16.2. The molecule has 245 valence electrons. The average molecular weight is 824 g/mol. The number of nitrogens with zero attached hydrogens (tertiary/aromatic N) is 3. The zero-order chi connectivity index (χ0) is 33.8. The number of hydrogen-bond donors (Lipinski definition) is 0. The minimum atomic E-state index is 0. The van der Waals surface area contributed by atoms with Gasteiger partial charge in [0, 0.05) is 43.4 Å². The van der Waals surface area contributed by atoms with Crippen LogP contribution >= 0.6 is 0 Å². The maximum Gasteiger partial charge on any atom is 0.130 e. The first-order chi connectivity index (χ1) is 23.9. The Bertz CT molecular complexity index is 2390. The third kappa shape index (κ3) is 7.05. The standard InChI is InChI=1S/C30H17N2O.C15H16N.Ir/c31-19-23-16-17-25-24-9-6-10-26(27-11-4-5-18-32-27)29(24)33-30(25)28(23)22-14-12-21(13-15-22)20-7-2-1-3-8-20;1-15(2,3)13-9-7-12(8-10-13)14-6-4-5-11-16-14;/h1-9,11-18H;4-7,9-11H,1-3H3;/q2*-1;. The van der Waals surface area contributed by atoms with E-state index in [1.54, 1.807) is 12.4 Å². The van der Waals surface area contributed by atoms with Gasteiger partial charge < -0.3 is 14.4 Å². The summed E-state index contributed by atoms with van der Waals surface area (Å²) in [5.41, 5.74) is 11.2. The molecule has 0 amide bonds. The molecule has 0 aliphatic carbocycles. The number of rotatable bonds is 4. The van der Waals surface area contributed by atoms with Crippen LogP contribution in [0.3, 0.4) is 0 Å². The van der Waals surface area contributed by atoms with Crippen molar-refractivity contribution in [2.75, 3.05) is 0 Å². The van der Waals surface area contributed by atoms with Crippen molar-refractivity contribution in [2.45, 2.75) is 26.2 Å². The molecule has 50 heavy (non-hydrogen) atoms. The summed E-state index contributed by atoms with van der Waals surface area (Å²) in [4.78, 5) is 8.79. The van der Waals surface area contributed by atoms with Crippen LogP contribution in [0.15, 0.2) is 150 Å². The van der Waals surface area contributed by atoms with Crippen LogP contribution in [0, 0.1) is 23.5 Å². The number of nitriles is 1. The third-order valence-corrected chi connectivity index (χ3v) is 8.54. The van der Waals surface area contributed by atoms with Crippen LogP contribution in [-0.4, -0.2) is 9.97 Å². The third-order valence-electron chi connectivity index (χ3n) is 8.54. The molecule has 4 nitrogen and oxygen atoms in total. The summed E-state index contributed by atoms with van der Waals surface area (Å²) in [5.74, 6) is 0. The Balaban J connectivity index is 0.000000215. The van der Waals surface area contributed by atoms with E-state index in [1.807, 2.05) is 78.9 Å². The second-order valence-corrected chi connectivity index (χ2v) is 12.8. The van der Waals surface area contributed by atoms with Crippen LogP contribution in [0.2, 0.25) is 0 Å². The number of benzene rings is 5. The van der Waals surface area contributed by atoms with Crippen LogP contribution in [0.1, 0.15) is 31.9 Å². The molecule has 0 spiro atoms. The van der Waals surface area contributed by atoms with Crippen molar-refractivity contribution in [3.8, 4) is 50.8 Å². The molecule has 0 fully saturated rings. The Kier molecular flexibility index (Phi) is 10.2. The summed E-state index contributed by atoms with van der Waals surface area (Å²) < 4.78 is 6.46. The Morgan fingerprint density at radius 1 is 0.620 bits per heavy atom. The van der Waals surface area contributed by atoms with E-state index < -0.39 is 0 Å². The summed E-state index contributed by atoms with van der Waals surface area (Å²) >= 11 is 0. The van der Waals surface area contributed by atoms with E-state index in [0.717, 1.165) is 61.1 Å². The Morgan fingerprint density at radius 2 is 1.26 bits per heavy atom. The molecule has 8 aromatic rings. The number of fused-ring (bicyclic) bond motifs is 3. The SMILES string of the molecule is CC(C)(C)c1c[c-]c(-c2ccccn2)cc1.N#Cc1ccc2c(oc3c(-c4ccccn4)[c-]ccc32)c1-c1ccc(-c2ccccc2)cc1.[Ir]. The van der Waals surface area contributed by atoms with Gasteiger partial charge in [-0.1, -0.05) is 117 Å². The van der Waals surface area contributed by atoms with E-state index in [9.17, 15) is 5.26 Å². The Morgan fingerprint density at radius 3 is 1.88 bits per heavy atom. The molecule has 3 heterocycles. The first-order valence-electron chi connectivity index (χ1n) is 16.2. The van der Waals surface area contributed by atoms with E-state index in [2.05, 4.69) is 104 Å². The maximum atomic E-state index is 9.87. The monoisotopic (exact) mass is 824 g/mol. The summed E-state index contributed by atoms with van der Waals surface area (Å²) in [6, 6.07) is 53.2. The molecule has 5 heteroatoms. The minimum absolute atomic E-state index is 0. The summed E-state index contributed by atoms with van der Waals surface area (Å²) in [6.07, 6.45) is 3.57. The molecule has 0 aliphatic rings. The van der Waals surface area contributed by atoms with Crippen molar-refractivity contribution >= 4 is 21.9 Å². The second-order valence-electron chi connectivity index (χ2n) is 12.8. The predicted molar refractivity (Wildman–Crippen MR) is 199 cm³/mol. The molecule has 0 saturated heterocycles. The van der Waals surface area contributed by atoms with Crippen molar-refractivity contribution in [1.29, 1.82) is 5.26 Å². The average Bonchev–Trinajstić information content (AvgIpc) is 3.54. The summed E-state index contributed by atoms with van der Waals surface area (Å²) in [7, 11) is 0. The van der Waals surface area contributed by atoms with Gasteiger partial charge in [0.1, 0.15) is 5.58 Å². The van der Waals surface area contributed by atoms with E-state index in [1.165, 1.54) is 5.56 Å². The van der Waals surface area contributed by atoms with Gasteiger partial charge in [0.2, 0.25) is 0 Å². The molecule has 3 aromatic heterocycles. The van der Waals surface area contributed by atoms with Crippen molar-refractivity contribution in [1.82, 2.24) is 9.97 Å². The fourth-order valence-electron chi connectivity index (χ4n) is 5.92. The molecule has 0 atom stereocenters. The molecular weight excluding hydrogens is 791 g/mol. The largest absolute Gasteiger partial charge is 0.500 e. The van der Waals surface area contributed by atoms with Gasteiger partial charge in [-0.15, -0.1) is 53.6 Å². The van der Waals surface area contributed by atoms with Gasteiger partial charge >= 0.3 is 0 Å². The van der Waals surface area contributed by atoms with Crippen LogP contribution in [0.5, 0.6) is 0 Å². The van der Waals surface area contributed by atoms with Crippen molar-refractivity contribution in [2.24, 2.45) is 0 Å². The van der Waals surface area contributed by atoms with Gasteiger partial charge in [-0.3, -0.25) is 0 Å². The molecule has 0 N–H and O–H groups in total. The predicted octanol–water partition coefficient (Wildman–Crippen LogP) is 11.5. The van der Waals surface area contributed by atoms with Crippen molar-refractivity contribution in [3.63, 3.8) is 0 Å². The second kappa shape index (κ2) is 14.8. The van der Waals surface area contributed by atoms with E-state index in [-0.39, 0.29) is 25.5 Å². The first kappa shape index (κ1) is 34.2. The van der Waals surface area contributed by atoms with Crippen LogP contribution in [0.4, 0.5) is 0 Å². The topological polar surface area (TPSA) is 62.7 Å². The van der Waals surface area contributed by atoms with Gasteiger partial charge in [-0.25, -0.2) is 0 Å². The smallest absolute Gasteiger partial charge is 0.130 e. The summed E-state index contributed by atoms with van der Waals surface area (Å²) in [6.45, 7) is 6.61. The normalized spacial score (nSPS) is 10.9. The summed E-state index contributed by atoms with van der Waals surface area (Å²) in [5, 5.41) is 11.8. The molecule has 8 rings (SSSR count). The van der Waals surface area contributed by atoms with Crippen molar-refractivity contribution < 1.29 is 24.5 Å². The molecular formula is C45H33IrN3O-2. The zero-order valence-electron chi connectivity index (χ0n) is 27.9. The number of hydrogen-bond acceptors (Lipinski definition) is 4. The minimum Gasteiger partial charge on any atom is -0.500 e. The number of pyridine rings is 2. The van der Waals surface area contributed by atoms with E-state index in [0.29, 0.717) is 11.1 Å². The number of furan rings is 1. The van der Waals surface area contributed by atoms with Crippen LogP contribution in [-0.2, 0) is 25.5 Å². The molecule has 1 radical (unpaired) electrons. The van der Waals surface area contributed by atoms with E-state index in [4.69, 9.17) is 4.42 Å². The van der Waals surface area contributed by atoms with E-state index >= 15 is 0 Å². The van der Waals surface area contributed by atoms with Crippen molar-refractivity contribution in [3.05, 3.63) is 169 Å². The fraction of sp³-hybridized carbons (Fsp3) is 0.0889. The maximum absolute atomic E-state index is 9.87. The molecule has 0 saturated carbocycles. The van der Waals surface area contributed by atoms with Gasteiger partial charge in [0.05, 0.1) is 17.2 Å². The number of aromatic nitrogens is 2. The zero-order valence-corrected chi connectivity index (χ0v) is 30.3. The molecule has 0 unspecified atom stereocenters. The quantitative estimate of drug-likeness (QED) is 0.166. The van der Waals surface area contributed by atoms with Crippen LogP contribution in [0.25, 0.3) is 66.7 Å². The van der Waals surface area contributed by atoms with Crippen LogP contribution < -0.4 is 0 Å².